The van der Waals surface area contributed by atoms with E-state index in [2.05, 4.69) is 37.9 Å². The molecule has 1 aromatic carbocycles. The largest absolute Gasteiger partial charge is 0.251 e. The summed E-state index contributed by atoms with van der Waals surface area (Å²) in [4.78, 5) is 8.77. The van der Waals surface area contributed by atoms with Crippen molar-refractivity contribution in [2.24, 2.45) is 0 Å². The molecule has 0 atom stereocenters. The van der Waals surface area contributed by atoms with E-state index in [0.717, 1.165) is 27.5 Å². The molecule has 0 unspecified atom stereocenters. The van der Waals surface area contributed by atoms with E-state index >= 15 is 0 Å². The average Bonchev–Trinajstić information content (AvgIpc) is 2.81. The number of benzene rings is 1. The number of halogens is 1. The van der Waals surface area contributed by atoms with Crippen molar-refractivity contribution in [2.45, 2.75) is 13.3 Å². The molecule has 0 spiro atoms. The van der Waals surface area contributed by atoms with Crippen LogP contribution in [0.5, 0.6) is 0 Å². The van der Waals surface area contributed by atoms with Gasteiger partial charge in [0.25, 0.3) is 5.95 Å². The predicted molar refractivity (Wildman–Crippen MR) is 73.7 cm³/mol. The highest BCUT2D eigenvalue weighted by molar-refractivity contribution is 9.10. The Labute approximate surface area is 113 Å². The first-order valence-corrected chi connectivity index (χ1v) is 6.53. The molecule has 0 bridgehead atoms. The summed E-state index contributed by atoms with van der Waals surface area (Å²) in [6.07, 6.45) is 4.48. The van der Waals surface area contributed by atoms with Crippen LogP contribution < -0.4 is 0 Å². The molecule has 3 aromatic rings. The van der Waals surface area contributed by atoms with E-state index in [0.29, 0.717) is 5.95 Å². The van der Waals surface area contributed by atoms with Crippen LogP contribution in [-0.4, -0.2) is 19.7 Å². The van der Waals surface area contributed by atoms with Gasteiger partial charge in [0.05, 0.1) is 11.7 Å². The Balaban J connectivity index is 2.21. The Hall–Kier alpha value is -1.75. The summed E-state index contributed by atoms with van der Waals surface area (Å²) in [5, 5.41) is 5.43. The lowest BCUT2D eigenvalue weighted by Gasteiger charge is -2.03. The molecule has 0 aliphatic carbocycles. The maximum atomic E-state index is 4.49. The Morgan fingerprint density at radius 2 is 2.17 bits per heavy atom. The van der Waals surface area contributed by atoms with Gasteiger partial charge in [0.1, 0.15) is 0 Å². The molecule has 0 N–H and O–H groups in total. The predicted octanol–water partition coefficient (Wildman–Crippen LogP) is 3.14. The normalized spacial score (nSPS) is 11.0. The summed E-state index contributed by atoms with van der Waals surface area (Å²) < 4.78 is 2.78. The number of nitrogens with zero attached hydrogens (tertiary/aromatic N) is 4. The molecule has 4 nitrogen and oxygen atoms in total. The van der Waals surface area contributed by atoms with Gasteiger partial charge in [0.2, 0.25) is 0 Å². The monoisotopic (exact) mass is 302 g/mol. The molecular formula is C13H11BrN4. The van der Waals surface area contributed by atoms with E-state index < -0.39 is 0 Å². The number of fused-ring (bicyclic) bond motifs is 1. The van der Waals surface area contributed by atoms with Gasteiger partial charge < -0.3 is 0 Å². The van der Waals surface area contributed by atoms with E-state index in [-0.39, 0.29) is 0 Å². The van der Waals surface area contributed by atoms with Crippen LogP contribution in [0, 0.1) is 0 Å². The maximum absolute atomic E-state index is 4.49. The smallest absolute Gasteiger partial charge is 0.220 e. The molecule has 0 saturated heterocycles. The Morgan fingerprint density at radius 3 is 3.00 bits per heavy atom. The van der Waals surface area contributed by atoms with Crippen LogP contribution in [0.15, 0.2) is 41.1 Å². The lowest BCUT2D eigenvalue weighted by molar-refractivity contribution is 0.815. The van der Waals surface area contributed by atoms with Gasteiger partial charge in [-0.2, -0.15) is 9.78 Å². The summed E-state index contributed by atoms with van der Waals surface area (Å²) in [6.45, 7) is 2.07. The topological polar surface area (TPSA) is 43.6 Å². The first-order chi connectivity index (χ1) is 8.78. The number of hydrogen-bond acceptors (Lipinski definition) is 3. The number of aromatic nitrogens is 4. The molecule has 18 heavy (non-hydrogen) atoms. The van der Waals surface area contributed by atoms with Crippen molar-refractivity contribution in [1.29, 1.82) is 0 Å². The number of aryl methyl sites for hydroxylation is 1. The second-order valence-electron chi connectivity index (χ2n) is 3.96. The van der Waals surface area contributed by atoms with Gasteiger partial charge in [-0.25, -0.2) is 9.97 Å². The average molecular weight is 303 g/mol. The minimum Gasteiger partial charge on any atom is -0.220 e. The molecule has 3 rings (SSSR count). The van der Waals surface area contributed by atoms with E-state index in [1.54, 1.807) is 10.9 Å². The van der Waals surface area contributed by atoms with Crippen molar-refractivity contribution >= 4 is 26.8 Å². The van der Waals surface area contributed by atoms with Crippen molar-refractivity contribution in [2.75, 3.05) is 0 Å². The van der Waals surface area contributed by atoms with Crippen LogP contribution >= 0.6 is 15.9 Å². The van der Waals surface area contributed by atoms with Crippen LogP contribution in [0.4, 0.5) is 0 Å². The zero-order valence-electron chi connectivity index (χ0n) is 9.84. The third kappa shape index (κ3) is 1.90. The lowest BCUT2D eigenvalue weighted by atomic mass is 10.2. The Kier molecular flexibility index (Phi) is 2.83. The fourth-order valence-electron chi connectivity index (χ4n) is 1.83. The molecule has 0 aliphatic rings. The second-order valence-corrected chi connectivity index (χ2v) is 4.88. The quantitative estimate of drug-likeness (QED) is 0.730. The third-order valence-electron chi connectivity index (χ3n) is 2.79. The van der Waals surface area contributed by atoms with Gasteiger partial charge in [-0.15, -0.1) is 0 Å². The molecule has 5 heteroatoms. The fraction of sp³-hybridized carbons (Fsp3) is 0.154. The highest BCUT2D eigenvalue weighted by atomic mass is 79.9. The highest BCUT2D eigenvalue weighted by Gasteiger charge is 2.07. The molecule has 0 fully saturated rings. The zero-order valence-corrected chi connectivity index (χ0v) is 11.4. The molecule has 0 saturated carbocycles. The molecule has 90 valence electrons. The summed E-state index contributed by atoms with van der Waals surface area (Å²) in [5.74, 6) is 0.613. The third-order valence-corrected chi connectivity index (χ3v) is 3.28. The van der Waals surface area contributed by atoms with E-state index in [9.17, 15) is 0 Å². The van der Waals surface area contributed by atoms with Crippen LogP contribution in [0.2, 0.25) is 0 Å². The van der Waals surface area contributed by atoms with Gasteiger partial charge in [-0.1, -0.05) is 28.9 Å². The van der Waals surface area contributed by atoms with Crippen molar-refractivity contribution < 1.29 is 0 Å². The summed E-state index contributed by atoms with van der Waals surface area (Å²) in [7, 11) is 0. The first-order valence-electron chi connectivity index (χ1n) is 5.73. The van der Waals surface area contributed by atoms with Crippen LogP contribution in [0.3, 0.4) is 0 Å². The number of rotatable bonds is 2. The Bertz CT molecular complexity index is 705. The molecule has 0 radical (unpaired) electrons. The standard InChI is InChI=1S/C13H11BrN4/c1-2-11-5-6-15-13(17-11)18-12-7-10(14)4-3-9(12)8-16-18/h3-8H,2H2,1H3. The van der Waals surface area contributed by atoms with Gasteiger partial charge in [-0.3, -0.25) is 0 Å². The Morgan fingerprint density at radius 1 is 1.28 bits per heavy atom. The minimum atomic E-state index is 0.613. The van der Waals surface area contributed by atoms with Gasteiger partial charge in [-0.05, 0) is 24.6 Å². The summed E-state index contributed by atoms with van der Waals surface area (Å²) in [6, 6.07) is 7.96. The lowest BCUT2D eigenvalue weighted by Crippen LogP contribution is -2.04. The van der Waals surface area contributed by atoms with Crippen molar-refractivity contribution in [3.8, 4) is 5.95 Å². The van der Waals surface area contributed by atoms with Gasteiger partial charge in [0.15, 0.2) is 0 Å². The van der Waals surface area contributed by atoms with Crippen LogP contribution in [0.1, 0.15) is 12.6 Å². The van der Waals surface area contributed by atoms with E-state index in [1.807, 2.05) is 30.5 Å². The fourth-order valence-corrected chi connectivity index (χ4v) is 2.18. The summed E-state index contributed by atoms with van der Waals surface area (Å²) >= 11 is 3.47. The van der Waals surface area contributed by atoms with Gasteiger partial charge in [0, 0.05) is 21.7 Å². The van der Waals surface area contributed by atoms with Gasteiger partial charge >= 0.3 is 0 Å². The molecule has 2 heterocycles. The maximum Gasteiger partial charge on any atom is 0.251 e. The minimum absolute atomic E-state index is 0.613. The molecule has 2 aromatic heterocycles. The number of hydrogen-bond donors (Lipinski definition) is 0. The van der Waals surface area contributed by atoms with Crippen LogP contribution in [-0.2, 0) is 6.42 Å². The van der Waals surface area contributed by atoms with Crippen LogP contribution in [0.25, 0.3) is 16.9 Å². The highest BCUT2D eigenvalue weighted by Crippen LogP contribution is 2.21. The van der Waals surface area contributed by atoms with Crippen molar-refractivity contribution in [3.05, 3.63) is 46.8 Å². The van der Waals surface area contributed by atoms with E-state index in [1.165, 1.54) is 0 Å². The van der Waals surface area contributed by atoms with E-state index in [4.69, 9.17) is 0 Å². The SMILES string of the molecule is CCc1ccnc(-n2ncc3ccc(Br)cc32)n1. The van der Waals surface area contributed by atoms with Crippen molar-refractivity contribution in [1.82, 2.24) is 19.7 Å². The van der Waals surface area contributed by atoms with Crippen molar-refractivity contribution in [3.63, 3.8) is 0 Å². The summed E-state index contributed by atoms with van der Waals surface area (Å²) in [5.41, 5.74) is 2.01. The molecule has 0 aliphatic heterocycles. The molecular weight excluding hydrogens is 292 g/mol. The first kappa shape index (κ1) is 11.3. The second kappa shape index (κ2) is 4.49. The zero-order chi connectivity index (χ0) is 12.5. The molecule has 0 amide bonds.